The van der Waals surface area contributed by atoms with Crippen LogP contribution in [-0.2, 0) is 0 Å². The van der Waals surface area contributed by atoms with Crippen molar-refractivity contribution in [1.29, 1.82) is 0 Å². The minimum Gasteiger partial charge on any atom is -0.455 e. The van der Waals surface area contributed by atoms with E-state index in [-0.39, 0.29) is 5.92 Å². The van der Waals surface area contributed by atoms with Crippen LogP contribution in [0.15, 0.2) is 108 Å². The van der Waals surface area contributed by atoms with Gasteiger partial charge in [0.15, 0.2) is 0 Å². The molecular formula is C30H26N2O. The van der Waals surface area contributed by atoms with Crippen LogP contribution in [0.2, 0.25) is 0 Å². The van der Waals surface area contributed by atoms with Crippen molar-refractivity contribution < 1.29 is 4.42 Å². The topological polar surface area (TPSA) is 52.0 Å². The summed E-state index contributed by atoms with van der Waals surface area (Å²) >= 11 is 0. The molecule has 0 saturated carbocycles. The highest BCUT2D eigenvalue weighted by atomic mass is 16.3. The zero-order valence-corrected chi connectivity index (χ0v) is 18.8. The number of furan rings is 1. The van der Waals surface area contributed by atoms with Crippen LogP contribution in [0, 0.1) is 0 Å². The van der Waals surface area contributed by atoms with Gasteiger partial charge in [-0.05, 0) is 77.4 Å². The van der Waals surface area contributed by atoms with E-state index in [9.17, 15) is 0 Å². The number of aromatic nitrogens is 1. The number of pyridine rings is 1. The Kier molecular flexibility index (Phi) is 5.54. The third-order valence-corrected chi connectivity index (χ3v) is 6.31. The standard InChI is InChI=1S/C30H26N2O/c1-3-21(12-15-31)26-18-24(23-13-16-32-17-14-23)19-27-29-25(10-7-11-28(29)33-30(26)27)20(2)22-8-5-4-6-9-22/h3-20H,31H2,1-2H3/b15-12-,21-3+. The predicted molar refractivity (Wildman–Crippen MR) is 138 cm³/mol. The zero-order chi connectivity index (χ0) is 22.8. The van der Waals surface area contributed by atoms with E-state index in [0.29, 0.717) is 0 Å². The van der Waals surface area contributed by atoms with Crippen molar-refractivity contribution in [3.8, 4) is 11.1 Å². The first kappa shape index (κ1) is 20.8. The maximum Gasteiger partial charge on any atom is 0.143 e. The Bertz CT molecular complexity index is 1480. The van der Waals surface area contributed by atoms with E-state index in [1.165, 1.54) is 11.1 Å². The largest absolute Gasteiger partial charge is 0.455 e. The van der Waals surface area contributed by atoms with Gasteiger partial charge in [-0.25, -0.2) is 0 Å². The number of allylic oxidation sites excluding steroid dienone is 3. The van der Waals surface area contributed by atoms with Crippen molar-refractivity contribution in [2.45, 2.75) is 19.8 Å². The second-order valence-corrected chi connectivity index (χ2v) is 8.19. The first-order valence-corrected chi connectivity index (χ1v) is 11.2. The lowest BCUT2D eigenvalue weighted by atomic mass is 9.88. The lowest BCUT2D eigenvalue weighted by Crippen LogP contribution is -1.96. The molecule has 5 aromatic rings. The molecule has 0 aliphatic rings. The molecule has 2 N–H and O–H groups in total. The van der Waals surface area contributed by atoms with Gasteiger partial charge in [0.1, 0.15) is 11.2 Å². The van der Waals surface area contributed by atoms with E-state index in [1.54, 1.807) is 6.20 Å². The predicted octanol–water partition coefficient (Wildman–Crippen LogP) is 7.68. The Hall–Kier alpha value is -4.11. The lowest BCUT2D eigenvalue weighted by Gasteiger charge is -2.14. The second kappa shape index (κ2) is 8.79. The molecule has 0 radical (unpaired) electrons. The molecular weight excluding hydrogens is 404 g/mol. The van der Waals surface area contributed by atoms with Crippen molar-refractivity contribution >= 4 is 27.5 Å². The molecule has 3 aromatic carbocycles. The van der Waals surface area contributed by atoms with Gasteiger partial charge in [-0.15, -0.1) is 0 Å². The number of benzene rings is 3. The molecule has 0 aliphatic heterocycles. The van der Waals surface area contributed by atoms with Gasteiger partial charge in [0, 0.05) is 34.6 Å². The second-order valence-electron chi connectivity index (χ2n) is 8.19. The summed E-state index contributed by atoms with van der Waals surface area (Å²) in [6.07, 6.45) is 9.21. The third-order valence-electron chi connectivity index (χ3n) is 6.31. The van der Waals surface area contributed by atoms with E-state index in [2.05, 4.69) is 78.6 Å². The Labute approximate surface area is 193 Å². The average molecular weight is 431 g/mol. The third kappa shape index (κ3) is 3.72. The van der Waals surface area contributed by atoms with Crippen LogP contribution in [0.5, 0.6) is 0 Å². The molecule has 2 aromatic heterocycles. The minimum atomic E-state index is 0.230. The molecule has 5 rings (SSSR count). The van der Waals surface area contributed by atoms with Gasteiger partial charge >= 0.3 is 0 Å². The van der Waals surface area contributed by atoms with Crippen LogP contribution < -0.4 is 5.73 Å². The number of nitrogens with zero attached hydrogens (tertiary/aromatic N) is 1. The van der Waals surface area contributed by atoms with Gasteiger partial charge < -0.3 is 10.2 Å². The molecule has 0 spiro atoms. The Morgan fingerprint density at radius 3 is 2.45 bits per heavy atom. The van der Waals surface area contributed by atoms with Crippen molar-refractivity contribution in [1.82, 2.24) is 4.98 Å². The summed E-state index contributed by atoms with van der Waals surface area (Å²) in [6.45, 7) is 4.27. The molecule has 3 heteroatoms. The SMILES string of the molecule is C/C=C(\C=C/N)c1cc(-c2ccncc2)cc2c1oc1cccc(C(C)c3ccccc3)c12. The summed E-state index contributed by atoms with van der Waals surface area (Å²) < 4.78 is 6.50. The quantitative estimate of drug-likeness (QED) is 0.291. The van der Waals surface area contributed by atoms with Gasteiger partial charge in [0.05, 0.1) is 0 Å². The minimum absolute atomic E-state index is 0.230. The van der Waals surface area contributed by atoms with Gasteiger partial charge in [-0.1, -0.05) is 55.5 Å². The molecule has 0 fully saturated rings. The summed E-state index contributed by atoms with van der Waals surface area (Å²) in [5.41, 5.74) is 14.4. The molecule has 0 bridgehead atoms. The molecule has 1 unspecified atom stereocenters. The van der Waals surface area contributed by atoms with Gasteiger partial charge in [0.2, 0.25) is 0 Å². The molecule has 0 saturated heterocycles. The van der Waals surface area contributed by atoms with Gasteiger partial charge in [0.25, 0.3) is 0 Å². The molecule has 0 aliphatic carbocycles. The highest BCUT2D eigenvalue weighted by molar-refractivity contribution is 6.12. The number of rotatable bonds is 5. The summed E-state index contributed by atoms with van der Waals surface area (Å²) in [5, 5.41) is 2.27. The Morgan fingerprint density at radius 1 is 0.939 bits per heavy atom. The lowest BCUT2D eigenvalue weighted by molar-refractivity contribution is 0.667. The highest BCUT2D eigenvalue weighted by Crippen LogP contribution is 2.41. The Balaban J connectivity index is 1.85. The first-order chi connectivity index (χ1) is 16.2. The zero-order valence-electron chi connectivity index (χ0n) is 18.8. The van der Waals surface area contributed by atoms with Crippen molar-refractivity contribution in [3.63, 3.8) is 0 Å². The van der Waals surface area contributed by atoms with Crippen molar-refractivity contribution in [2.75, 3.05) is 0 Å². The average Bonchev–Trinajstić information content (AvgIpc) is 3.26. The highest BCUT2D eigenvalue weighted by Gasteiger charge is 2.20. The van der Waals surface area contributed by atoms with Crippen LogP contribution >= 0.6 is 0 Å². The monoisotopic (exact) mass is 430 g/mol. The maximum absolute atomic E-state index is 6.50. The first-order valence-electron chi connectivity index (χ1n) is 11.2. The number of fused-ring (bicyclic) bond motifs is 3. The van der Waals surface area contributed by atoms with Crippen molar-refractivity contribution in [2.24, 2.45) is 5.73 Å². The van der Waals surface area contributed by atoms with Crippen LogP contribution in [0.4, 0.5) is 0 Å². The number of hydrogen-bond donors (Lipinski definition) is 1. The molecule has 1 atom stereocenters. The van der Waals surface area contributed by atoms with E-state index in [0.717, 1.165) is 44.2 Å². The fraction of sp³-hybridized carbons (Fsp3) is 0.100. The maximum atomic E-state index is 6.50. The molecule has 162 valence electrons. The number of nitrogens with two attached hydrogens (primary N) is 1. The van der Waals surface area contributed by atoms with Crippen LogP contribution in [-0.4, -0.2) is 4.98 Å². The molecule has 33 heavy (non-hydrogen) atoms. The Morgan fingerprint density at radius 2 is 1.73 bits per heavy atom. The summed E-state index contributed by atoms with van der Waals surface area (Å²) in [7, 11) is 0. The van der Waals surface area contributed by atoms with E-state index in [1.807, 2.05) is 37.5 Å². The summed E-state index contributed by atoms with van der Waals surface area (Å²) in [6, 6.07) is 25.4. The van der Waals surface area contributed by atoms with Crippen LogP contribution in [0.1, 0.15) is 36.5 Å². The van der Waals surface area contributed by atoms with E-state index >= 15 is 0 Å². The van der Waals surface area contributed by atoms with Gasteiger partial charge in [-0.3, -0.25) is 4.98 Å². The fourth-order valence-electron chi connectivity index (χ4n) is 4.61. The normalized spacial score (nSPS) is 13.2. The van der Waals surface area contributed by atoms with Crippen molar-refractivity contribution in [3.05, 3.63) is 120 Å². The molecule has 0 amide bonds. The van der Waals surface area contributed by atoms with Gasteiger partial charge in [-0.2, -0.15) is 0 Å². The fourth-order valence-corrected chi connectivity index (χ4v) is 4.61. The van der Waals surface area contributed by atoms with Crippen LogP contribution in [0.3, 0.4) is 0 Å². The van der Waals surface area contributed by atoms with E-state index in [4.69, 9.17) is 10.2 Å². The van der Waals surface area contributed by atoms with Crippen LogP contribution in [0.25, 0.3) is 38.6 Å². The smallest absolute Gasteiger partial charge is 0.143 e. The summed E-state index contributed by atoms with van der Waals surface area (Å²) in [5.74, 6) is 0.230. The van der Waals surface area contributed by atoms with E-state index < -0.39 is 0 Å². The molecule has 3 nitrogen and oxygen atoms in total. The number of hydrogen-bond acceptors (Lipinski definition) is 3. The summed E-state index contributed by atoms with van der Waals surface area (Å²) in [4.78, 5) is 4.19. The molecule has 2 heterocycles.